The number of hydrogen-bond donors (Lipinski definition) is 2. The number of carbonyl (C=O) groups is 1. The van der Waals surface area contributed by atoms with Gasteiger partial charge in [0.2, 0.25) is 5.82 Å². The lowest BCUT2D eigenvalue weighted by molar-refractivity contribution is 0.0990. The van der Waals surface area contributed by atoms with Crippen molar-refractivity contribution in [3.63, 3.8) is 0 Å². The second kappa shape index (κ2) is 8.43. The van der Waals surface area contributed by atoms with Crippen molar-refractivity contribution in [2.75, 3.05) is 24.5 Å². The maximum atomic E-state index is 11.5. The summed E-state index contributed by atoms with van der Waals surface area (Å²) < 4.78 is 0. The summed E-state index contributed by atoms with van der Waals surface area (Å²) in [6.07, 6.45) is 6.98. The molecule has 1 saturated heterocycles. The van der Waals surface area contributed by atoms with Crippen molar-refractivity contribution in [2.45, 2.75) is 46.1 Å². The number of nitrogens with zero attached hydrogens (tertiary/aromatic N) is 4. The van der Waals surface area contributed by atoms with E-state index in [9.17, 15) is 4.79 Å². The quantitative estimate of drug-likeness (QED) is 0.722. The molecule has 0 aromatic carbocycles. The molecule has 2 aromatic heterocycles. The fourth-order valence-electron chi connectivity index (χ4n) is 3.49. The Morgan fingerprint density at radius 1 is 1.33 bits per heavy atom. The SMILES string of the molecule is Cc1ccncc1CCCN[C@@H]1CCN(c2nc(C(N)=O)nc(C)c2C)C1. The summed E-state index contributed by atoms with van der Waals surface area (Å²) in [5.41, 5.74) is 9.80. The lowest BCUT2D eigenvalue weighted by atomic mass is 10.1. The van der Waals surface area contributed by atoms with Crippen LogP contribution in [0.5, 0.6) is 0 Å². The molecule has 2 aromatic rings. The van der Waals surface area contributed by atoms with Crippen molar-refractivity contribution in [3.05, 3.63) is 46.7 Å². The molecule has 1 aliphatic heterocycles. The predicted octanol–water partition coefficient (Wildman–Crippen LogP) is 1.70. The third kappa shape index (κ3) is 4.60. The molecule has 0 unspecified atom stereocenters. The molecule has 0 aliphatic carbocycles. The van der Waals surface area contributed by atoms with Crippen molar-refractivity contribution in [2.24, 2.45) is 5.73 Å². The molecule has 3 rings (SSSR count). The minimum atomic E-state index is -0.584. The van der Waals surface area contributed by atoms with Gasteiger partial charge < -0.3 is 16.0 Å². The number of anilines is 1. The lowest BCUT2D eigenvalue weighted by Crippen LogP contribution is -2.34. The molecular weight excluding hydrogens is 340 g/mol. The monoisotopic (exact) mass is 368 g/mol. The van der Waals surface area contributed by atoms with Crippen LogP contribution in [0.25, 0.3) is 0 Å². The van der Waals surface area contributed by atoms with Gasteiger partial charge in [-0.2, -0.15) is 0 Å². The highest BCUT2D eigenvalue weighted by Gasteiger charge is 2.25. The normalized spacial score (nSPS) is 16.7. The first-order valence-corrected chi connectivity index (χ1v) is 9.48. The fraction of sp³-hybridized carbons (Fsp3) is 0.500. The molecule has 0 bridgehead atoms. The molecule has 0 radical (unpaired) electrons. The molecule has 0 spiro atoms. The molecule has 7 heteroatoms. The maximum Gasteiger partial charge on any atom is 0.286 e. The van der Waals surface area contributed by atoms with Gasteiger partial charge in [-0.1, -0.05) is 0 Å². The predicted molar refractivity (Wildman–Crippen MR) is 106 cm³/mol. The smallest absolute Gasteiger partial charge is 0.286 e. The van der Waals surface area contributed by atoms with Gasteiger partial charge in [-0.05, 0) is 63.8 Å². The topological polar surface area (TPSA) is 97.0 Å². The number of hydrogen-bond acceptors (Lipinski definition) is 6. The van der Waals surface area contributed by atoms with Gasteiger partial charge in [0.25, 0.3) is 5.91 Å². The van der Waals surface area contributed by atoms with Crippen molar-refractivity contribution in [1.82, 2.24) is 20.3 Å². The van der Waals surface area contributed by atoms with E-state index in [4.69, 9.17) is 5.73 Å². The standard InChI is InChI=1S/C20H28N6O/c1-13-6-9-22-11-16(13)5-4-8-23-17-7-10-26(12-17)20-14(2)15(3)24-19(25-20)18(21)27/h6,9,11,17,23H,4-5,7-8,10,12H2,1-3H3,(H2,21,27)/t17-/m1/s1. The number of pyridine rings is 1. The van der Waals surface area contributed by atoms with Crippen LogP contribution >= 0.6 is 0 Å². The summed E-state index contributed by atoms with van der Waals surface area (Å²) in [4.78, 5) is 26.5. The first-order valence-electron chi connectivity index (χ1n) is 9.48. The van der Waals surface area contributed by atoms with Crippen LogP contribution in [0, 0.1) is 20.8 Å². The molecule has 1 aliphatic rings. The van der Waals surface area contributed by atoms with Crippen molar-refractivity contribution < 1.29 is 4.79 Å². The summed E-state index contributed by atoms with van der Waals surface area (Å²) in [6, 6.07) is 2.48. The molecule has 7 nitrogen and oxygen atoms in total. The Balaban J connectivity index is 1.53. The number of carbonyl (C=O) groups excluding carboxylic acids is 1. The lowest BCUT2D eigenvalue weighted by Gasteiger charge is -2.21. The number of nitrogens with two attached hydrogens (primary N) is 1. The Kier molecular flexibility index (Phi) is 6.01. The molecule has 1 atom stereocenters. The van der Waals surface area contributed by atoms with Crippen LogP contribution in [0.4, 0.5) is 5.82 Å². The zero-order valence-electron chi connectivity index (χ0n) is 16.3. The molecule has 144 valence electrons. The third-order valence-corrected chi connectivity index (χ3v) is 5.28. The zero-order valence-corrected chi connectivity index (χ0v) is 16.3. The van der Waals surface area contributed by atoms with Crippen molar-refractivity contribution in [3.8, 4) is 0 Å². The maximum absolute atomic E-state index is 11.5. The van der Waals surface area contributed by atoms with Gasteiger partial charge in [-0.3, -0.25) is 9.78 Å². The highest BCUT2D eigenvalue weighted by Crippen LogP contribution is 2.24. The van der Waals surface area contributed by atoms with Crippen LogP contribution in [0.15, 0.2) is 18.5 Å². The van der Waals surface area contributed by atoms with Gasteiger partial charge in [-0.15, -0.1) is 0 Å². The minimum absolute atomic E-state index is 0.0938. The Morgan fingerprint density at radius 2 is 2.15 bits per heavy atom. The average molecular weight is 368 g/mol. The van der Waals surface area contributed by atoms with Crippen LogP contribution in [-0.2, 0) is 6.42 Å². The number of aryl methyl sites for hydroxylation is 3. The van der Waals surface area contributed by atoms with Gasteiger partial charge >= 0.3 is 0 Å². The van der Waals surface area contributed by atoms with E-state index in [0.717, 1.165) is 56.0 Å². The fourth-order valence-corrected chi connectivity index (χ4v) is 3.49. The van der Waals surface area contributed by atoms with Crippen LogP contribution in [0.1, 0.15) is 45.8 Å². The first kappa shape index (κ1) is 19.2. The molecule has 0 saturated carbocycles. The molecule has 3 N–H and O–H groups in total. The summed E-state index contributed by atoms with van der Waals surface area (Å²) >= 11 is 0. The Morgan fingerprint density at radius 3 is 2.89 bits per heavy atom. The van der Waals surface area contributed by atoms with E-state index in [1.165, 1.54) is 11.1 Å². The molecular formula is C20H28N6O. The molecule has 3 heterocycles. The summed E-state index contributed by atoms with van der Waals surface area (Å²) in [6.45, 7) is 8.77. The van der Waals surface area contributed by atoms with Crippen LogP contribution < -0.4 is 16.0 Å². The molecule has 1 amide bonds. The Labute approximate surface area is 160 Å². The van der Waals surface area contributed by atoms with E-state index in [0.29, 0.717) is 6.04 Å². The van der Waals surface area contributed by atoms with Gasteiger partial charge in [0.05, 0.1) is 0 Å². The minimum Gasteiger partial charge on any atom is -0.363 e. The van der Waals surface area contributed by atoms with E-state index in [1.807, 2.05) is 26.2 Å². The average Bonchev–Trinajstić information content (AvgIpc) is 3.11. The Hall–Kier alpha value is -2.54. The largest absolute Gasteiger partial charge is 0.363 e. The number of primary amides is 1. The van der Waals surface area contributed by atoms with Gasteiger partial charge in [-0.25, -0.2) is 9.97 Å². The second-order valence-electron chi connectivity index (χ2n) is 7.24. The number of amides is 1. The van der Waals surface area contributed by atoms with Gasteiger partial charge in [0, 0.05) is 42.8 Å². The first-order chi connectivity index (χ1) is 13.0. The molecule has 27 heavy (non-hydrogen) atoms. The van der Waals surface area contributed by atoms with E-state index in [2.05, 4.69) is 38.2 Å². The van der Waals surface area contributed by atoms with Gasteiger partial charge in [0.1, 0.15) is 5.82 Å². The van der Waals surface area contributed by atoms with Crippen molar-refractivity contribution >= 4 is 11.7 Å². The van der Waals surface area contributed by atoms with E-state index >= 15 is 0 Å². The van der Waals surface area contributed by atoms with Crippen molar-refractivity contribution in [1.29, 1.82) is 0 Å². The van der Waals surface area contributed by atoms with E-state index in [-0.39, 0.29) is 5.82 Å². The van der Waals surface area contributed by atoms with E-state index in [1.54, 1.807) is 0 Å². The second-order valence-corrected chi connectivity index (χ2v) is 7.24. The summed E-state index contributed by atoms with van der Waals surface area (Å²) in [5, 5.41) is 3.65. The van der Waals surface area contributed by atoms with Crippen LogP contribution in [0.3, 0.4) is 0 Å². The summed E-state index contributed by atoms with van der Waals surface area (Å²) in [7, 11) is 0. The van der Waals surface area contributed by atoms with Crippen LogP contribution in [-0.4, -0.2) is 46.5 Å². The third-order valence-electron chi connectivity index (χ3n) is 5.28. The highest BCUT2D eigenvalue weighted by atomic mass is 16.1. The van der Waals surface area contributed by atoms with Gasteiger partial charge in [0.15, 0.2) is 0 Å². The highest BCUT2D eigenvalue weighted by molar-refractivity contribution is 5.89. The summed E-state index contributed by atoms with van der Waals surface area (Å²) in [5.74, 6) is 0.335. The van der Waals surface area contributed by atoms with E-state index < -0.39 is 5.91 Å². The molecule has 1 fully saturated rings. The Bertz CT molecular complexity index is 822. The van der Waals surface area contributed by atoms with Crippen LogP contribution in [0.2, 0.25) is 0 Å². The number of aromatic nitrogens is 3. The number of rotatable bonds is 7. The zero-order chi connectivity index (χ0) is 19.4. The number of nitrogens with one attached hydrogen (secondary N) is 1.